The molecule has 2 aromatic carbocycles. The maximum Gasteiger partial charge on any atom is 0.349 e. The highest BCUT2D eigenvalue weighted by molar-refractivity contribution is 5.94. The lowest BCUT2D eigenvalue weighted by Crippen LogP contribution is -2.11. The van der Waals surface area contributed by atoms with Crippen molar-refractivity contribution < 1.29 is 14.3 Å². The standard InChI is InChI=1S/C18H15NO3/c1-2-21-17-16(8-5-11-19-17)18(20)22-15-10-9-13-6-3-4-7-14(13)12-15/h3-12H,2H2,1H3. The van der Waals surface area contributed by atoms with Gasteiger partial charge in [0.15, 0.2) is 0 Å². The number of pyridine rings is 1. The van der Waals surface area contributed by atoms with Crippen molar-refractivity contribution in [2.45, 2.75) is 6.92 Å². The summed E-state index contributed by atoms with van der Waals surface area (Å²) in [5.74, 6) is 0.303. The molecule has 0 saturated heterocycles. The van der Waals surface area contributed by atoms with E-state index in [0.717, 1.165) is 10.8 Å². The molecule has 0 N–H and O–H groups in total. The van der Waals surface area contributed by atoms with Crippen molar-refractivity contribution in [3.63, 3.8) is 0 Å². The molecule has 3 rings (SSSR count). The Morgan fingerprint density at radius 3 is 2.68 bits per heavy atom. The van der Waals surface area contributed by atoms with Gasteiger partial charge in [0.05, 0.1) is 6.61 Å². The molecular formula is C18H15NO3. The molecule has 0 radical (unpaired) electrons. The number of fused-ring (bicyclic) bond motifs is 1. The lowest BCUT2D eigenvalue weighted by atomic mass is 10.1. The molecule has 0 atom stereocenters. The quantitative estimate of drug-likeness (QED) is 0.541. The molecular weight excluding hydrogens is 278 g/mol. The normalized spacial score (nSPS) is 10.4. The van der Waals surface area contributed by atoms with Gasteiger partial charge in [0.1, 0.15) is 11.3 Å². The van der Waals surface area contributed by atoms with Crippen molar-refractivity contribution in [2.24, 2.45) is 0 Å². The molecule has 4 nitrogen and oxygen atoms in total. The lowest BCUT2D eigenvalue weighted by Gasteiger charge is -2.09. The minimum Gasteiger partial charge on any atom is -0.477 e. The van der Waals surface area contributed by atoms with Gasteiger partial charge >= 0.3 is 5.97 Å². The molecule has 1 aromatic heterocycles. The fourth-order valence-electron chi connectivity index (χ4n) is 2.19. The van der Waals surface area contributed by atoms with Crippen LogP contribution < -0.4 is 9.47 Å². The van der Waals surface area contributed by atoms with Crippen LogP contribution in [0, 0.1) is 0 Å². The number of nitrogens with zero attached hydrogens (tertiary/aromatic N) is 1. The first-order valence-electron chi connectivity index (χ1n) is 7.06. The van der Waals surface area contributed by atoms with Gasteiger partial charge in [-0.15, -0.1) is 0 Å². The topological polar surface area (TPSA) is 48.4 Å². The van der Waals surface area contributed by atoms with Crippen molar-refractivity contribution in [3.8, 4) is 11.6 Å². The van der Waals surface area contributed by atoms with Gasteiger partial charge in [0.25, 0.3) is 0 Å². The Hall–Kier alpha value is -2.88. The van der Waals surface area contributed by atoms with E-state index in [1.807, 2.05) is 43.3 Å². The Labute approximate surface area is 128 Å². The Kier molecular flexibility index (Phi) is 4.01. The van der Waals surface area contributed by atoms with Gasteiger partial charge in [-0.05, 0) is 42.0 Å². The third-order valence-corrected chi connectivity index (χ3v) is 3.20. The van der Waals surface area contributed by atoms with E-state index < -0.39 is 5.97 Å². The molecule has 22 heavy (non-hydrogen) atoms. The van der Waals surface area contributed by atoms with Crippen molar-refractivity contribution in [3.05, 3.63) is 66.4 Å². The van der Waals surface area contributed by atoms with E-state index in [1.54, 1.807) is 24.4 Å². The molecule has 0 fully saturated rings. The summed E-state index contributed by atoms with van der Waals surface area (Å²) in [6.45, 7) is 2.28. The van der Waals surface area contributed by atoms with Crippen molar-refractivity contribution in [1.82, 2.24) is 4.98 Å². The highest BCUT2D eigenvalue weighted by Crippen LogP contribution is 2.23. The smallest absolute Gasteiger partial charge is 0.349 e. The molecule has 0 aliphatic rings. The second-order valence-corrected chi connectivity index (χ2v) is 4.69. The van der Waals surface area contributed by atoms with Gasteiger partial charge in [-0.3, -0.25) is 0 Å². The molecule has 0 aliphatic carbocycles. The zero-order valence-electron chi connectivity index (χ0n) is 12.2. The summed E-state index contributed by atoms with van der Waals surface area (Å²) in [5.41, 5.74) is 0.317. The van der Waals surface area contributed by atoms with Crippen LogP contribution in [0.1, 0.15) is 17.3 Å². The van der Waals surface area contributed by atoms with Gasteiger partial charge in [-0.25, -0.2) is 9.78 Å². The third-order valence-electron chi connectivity index (χ3n) is 3.20. The number of rotatable bonds is 4. The molecule has 0 aliphatic heterocycles. The number of carbonyl (C=O) groups is 1. The lowest BCUT2D eigenvalue weighted by molar-refractivity contribution is 0.0729. The van der Waals surface area contributed by atoms with Crippen LogP contribution in [0.5, 0.6) is 11.6 Å². The molecule has 110 valence electrons. The first kappa shape index (κ1) is 14.1. The van der Waals surface area contributed by atoms with Crippen LogP contribution in [-0.2, 0) is 0 Å². The molecule has 0 amide bonds. The number of hydrogen-bond donors (Lipinski definition) is 0. The van der Waals surface area contributed by atoms with Crippen molar-refractivity contribution in [1.29, 1.82) is 0 Å². The average Bonchev–Trinajstić information content (AvgIpc) is 2.55. The van der Waals surface area contributed by atoms with Crippen molar-refractivity contribution >= 4 is 16.7 Å². The molecule has 3 aromatic rings. The maximum atomic E-state index is 12.3. The zero-order valence-corrected chi connectivity index (χ0v) is 12.2. The number of benzene rings is 2. The summed E-state index contributed by atoms with van der Waals surface area (Å²) in [5, 5.41) is 2.11. The molecule has 0 bridgehead atoms. The van der Waals surface area contributed by atoms with Crippen molar-refractivity contribution in [2.75, 3.05) is 6.61 Å². The SMILES string of the molecule is CCOc1ncccc1C(=O)Oc1ccc2ccccc2c1. The van der Waals surface area contributed by atoms with Gasteiger partial charge in [0.2, 0.25) is 5.88 Å². The van der Waals surface area contributed by atoms with Crippen LogP contribution in [0.25, 0.3) is 10.8 Å². The predicted molar refractivity (Wildman–Crippen MR) is 84.3 cm³/mol. The number of hydrogen-bond acceptors (Lipinski definition) is 4. The van der Waals surface area contributed by atoms with Gasteiger partial charge in [-0.2, -0.15) is 0 Å². The van der Waals surface area contributed by atoms with E-state index in [1.165, 1.54) is 0 Å². The third kappa shape index (κ3) is 2.91. The van der Waals surface area contributed by atoms with Crippen LogP contribution in [0.2, 0.25) is 0 Å². The van der Waals surface area contributed by atoms with Crippen LogP contribution in [0.4, 0.5) is 0 Å². The summed E-state index contributed by atoms with van der Waals surface area (Å²) in [6, 6.07) is 16.8. The summed E-state index contributed by atoms with van der Waals surface area (Å²) < 4.78 is 10.8. The maximum absolute atomic E-state index is 12.3. The van der Waals surface area contributed by atoms with Crippen LogP contribution in [0.15, 0.2) is 60.8 Å². The summed E-state index contributed by atoms with van der Waals surface area (Å²) in [4.78, 5) is 16.4. The minimum absolute atomic E-state index is 0.288. The number of carbonyl (C=O) groups excluding carboxylic acids is 1. The molecule has 0 spiro atoms. The van der Waals surface area contributed by atoms with E-state index in [-0.39, 0.29) is 5.88 Å². The molecule has 0 unspecified atom stereocenters. The molecule has 1 heterocycles. The Morgan fingerprint density at radius 1 is 1.05 bits per heavy atom. The van der Waals surface area contributed by atoms with Gasteiger partial charge in [0, 0.05) is 6.20 Å². The molecule has 0 saturated carbocycles. The van der Waals surface area contributed by atoms with Crippen LogP contribution >= 0.6 is 0 Å². The second-order valence-electron chi connectivity index (χ2n) is 4.69. The van der Waals surface area contributed by atoms with E-state index in [9.17, 15) is 4.79 Å². The highest BCUT2D eigenvalue weighted by atomic mass is 16.5. The van der Waals surface area contributed by atoms with Crippen LogP contribution in [0.3, 0.4) is 0 Å². The van der Waals surface area contributed by atoms with E-state index >= 15 is 0 Å². The number of esters is 1. The van der Waals surface area contributed by atoms with Gasteiger partial charge < -0.3 is 9.47 Å². The Balaban J connectivity index is 1.86. The summed E-state index contributed by atoms with van der Waals surface area (Å²) >= 11 is 0. The first-order chi connectivity index (χ1) is 10.8. The Morgan fingerprint density at radius 2 is 1.86 bits per heavy atom. The largest absolute Gasteiger partial charge is 0.477 e. The average molecular weight is 293 g/mol. The fourth-order valence-corrected chi connectivity index (χ4v) is 2.19. The summed E-state index contributed by atoms with van der Waals surface area (Å²) in [7, 11) is 0. The zero-order chi connectivity index (χ0) is 15.4. The minimum atomic E-state index is -0.480. The number of aromatic nitrogens is 1. The van der Waals surface area contributed by atoms with E-state index in [0.29, 0.717) is 17.9 Å². The van der Waals surface area contributed by atoms with Crippen LogP contribution in [-0.4, -0.2) is 17.6 Å². The number of ether oxygens (including phenoxy) is 2. The Bertz CT molecular complexity index is 814. The monoisotopic (exact) mass is 293 g/mol. The predicted octanol–water partition coefficient (Wildman–Crippen LogP) is 3.85. The highest BCUT2D eigenvalue weighted by Gasteiger charge is 2.15. The summed E-state index contributed by atoms with van der Waals surface area (Å²) in [6.07, 6.45) is 1.58. The first-order valence-corrected chi connectivity index (χ1v) is 7.06. The molecule has 4 heteroatoms. The second kappa shape index (κ2) is 6.26. The van der Waals surface area contributed by atoms with E-state index in [4.69, 9.17) is 9.47 Å². The fraction of sp³-hybridized carbons (Fsp3) is 0.111. The van der Waals surface area contributed by atoms with E-state index in [2.05, 4.69) is 4.98 Å². The van der Waals surface area contributed by atoms with Gasteiger partial charge in [-0.1, -0.05) is 30.3 Å².